The molecule has 0 spiro atoms. The van der Waals surface area contributed by atoms with Gasteiger partial charge in [-0.2, -0.15) is 0 Å². The summed E-state index contributed by atoms with van der Waals surface area (Å²) < 4.78 is 9.10. The van der Waals surface area contributed by atoms with Crippen molar-refractivity contribution in [3.05, 3.63) is 0 Å². The molecule has 8 heteroatoms. The highest BCUT2D eigenvalue weighted by Crippen LogP contribution is 2.21. The van der Waals surface area contributed by atoms with Crippen LogP contribution in [0.2, 0.25) is 0 Å². The van der Waals surface area contributed by atoms with E-state index in [9.17, 15) is 19.8 Å². The Morgan fingerprint density at radius 1 is 1.00 bits per heavy atom. The zero-order valence-electron chi connectivity index (χ0n) is 12.5. The largest absolute Gasteiger partial charge is 0.396 e. The molecule has 0 fully saturated rings. The summed E-state index contributed by atoms with van der Waals surface area (Å²) in [5.74, 6) is -5.03. The molecule has 0 aromatic rings. The van der Waals surface area contributed by atoms with Gasteiger partial charge >= 0.3 is 17.9 Å². The van der Waals surface area contributed by atoms with Gasteiger partial charge in [0.25, 0.3) is 0 Å². The molecule has 4 N–H and O–H groups in total. The van der Waals surface area contributed by atoms with Crippen molar-refractivity contribution >= 4 is 11.9 Å². The molecule has 0 saturated carbocycles. The van der Waals surface area contributed by atoms with Crippen molar-refractivity contribution in [2.24, 2.45) is 0 Å². The first kappa shape index (κ1) is 19.8. The van der Waals surface area contributed by atoms with Crippen LogP contribution in [0, 0.1) is 0 Å². The lowest BCUT2D eigenvalue weighted by atomic mass is 10.1. The van der Waals surface area contributed by atoms with E-state index in [1.807, 2.05) is 6.92 Å². The van der Waals surface area contributed by atoms with E-state index in [0.29, 0.717) is 12.8 Å². The summed E-state index contributed by atoms with van der Waals surface area (Å²) in [5.41, 5.74) is 0. The second-order valence-corrected chi connectivity index (χ2v) is 4.89. The fourth-order valence-electron chi connectivity index (χ4n) is 1.43. The molecule has 0 aliphatic heterocycles. The number of hydrogen-bond donors (Lipinski definition) is 4. The Morgan fingerprint density at radius 2 is 1.43 bits per heavy atom. The molecule has 0 aliphatic carbocycles. The summed E-state index contributed by atoms with van der Waals surface area (Å²) in [6.07, 6.45) is -3.03. The molecular formula is C13H24O8. The van der Waals surface area contributed by atoms with Crippen LogP contribution in [0.25, 0.3) is 0 Å². The molecule has 0 aromatic heterocycles. The van der Waals surface area contributed by atoms with E-state index >= 15 is 0 Å². The van der Waals surface area contributed by atoms with Crippen molar-refractivity contribution in [2.45, 2.75) is 70.7 Å². The average Bonchev–Trinajstić information content (AvgIpc) is 2.36. The number of hydrogen-bond acceptors (Lipinski definition) is 8. The zero-order valence-corrected chi connectivity index (χ0v) is 12.5. The predicted molar refractivity (Wildman–Crippen MR) is 70.6 cm³/mol. The standard InChI is InChI=1S/C13H24O8/c1-4-5-10(16)6-7-13(19,20-11(17)8(2)14)21-12(18)9(3)15/h8-10,14-16,19H,4-7H2,1-3H3. The highest BCUT2D eigenvalue weighted by atomic mass is 16.8. The van der Waals surface area contributed by atoms with Crippen molar-refractivity contribution in [3.8, 4) is 0 Å². The van der Waals surface area contributed by atoms with Gasteiger partial charge < -0.3 is 29.9 Å². The van der Waals surface area contributed by atoms with Crippen molar-refractivity contribution in [3.63, 3.8) is 0 Å². The molecule has 21 heavy (non-hydrogen) atoms. The fourth-order valence-corrected chi connectivity index (χ4v) is 1.43. The molecule has 8 nitrogen and oxygen atoms in total. The van der Waals surface area contributed by atoms with E-state index in [1.54, 1.807) is 0 Å². The van der Waals surface area contributed by atoms with Crippen LogP contribution in [0.5, 0.6) is 0 Å². The molecule has 0 rings (SSSR count). The lowest BCUT2D eigenvalue weighted by Gasteiger charge is -2.28. The lowest BCUT2D eigenvalue weighted by molar-refractivity contribution is -0.334. The van der Waals surface area contributed by atoms with Gasteiger partial charge in [-0.25, -0.2) is 9.59 Å². The first-order valence-electron chi connectivity index (χ1n) is 6.83. The average molecular weight is 308 g/mol. The van der Waals surface area contributed by atoms with E-state index in [2.05, 4.69) is 9.47 Å². The van der Waals surface area contributed by atoms with Gasteiger partial charge in [0.15, 0.2) is 0 Å². The van der Waals surface area contributed by atoms with Gasteiger partial charge in [0.05, 0.1) is 12.5 Å². The number of aliphatic hydroxyl groups excluding tert-OH is 3. The molecule has 0 aliphatic rings. The van der Waals surface area contributed by atoms with Crippen LogP contribution in [0.15, 0.2) is 0 Å². The number of ether oxygens (including phenoxy) is 2. The molecule has 0 saturated heterocycles. The minimum Gasteiger partial charge on any atom is -0.396 e. The Hall–Kier alpha value is -1.22. The number of carbonyl (C=O) groups is 2. The molecule has 124 valence electrons. The summed E-state index contributed by atoms with van der Waals surface area (Å²) in [5, 5.41) is 37.8. The minimum absolute atomic E-state index is 0.00448. The van der Waals surface area contributed by atoms with Crippen molar-refractivity contribution in [1.29, 1.82) is 0 Å². The topological polar surface area (TPSA) is 134 Å². The third-order valence-electron chi connectivity index (χ3n) is 2.62. The number of aliphatic hydroxyl groups is 4. The first-order chi connectivity index (χ1) is 9.61. The van der Waals surface area contributed by atoms with Gasteiger partial charge in [0.1, 0.15) is 12.2 Å². The highest BCUT2D eigenvalue weighted by Gasteiger charge is 2.38. The lowest BCUT2D eigenvalue weighted by Crippen LogP contribution is -2.44. The van der Waals surface area contributed by atoms with Gasteiger partial charge in [0.2, 0.25) is 0 Å². The van der Waals surface area contributed by atoms with Crippen LogP contribution in [0.1, 0.15) is 46.5 Å². The van der Waals surface area contributed by atoms with E-state index < -0.39 is 36.2 Å². The molecule has 0 heterocycles. The normalized spacial score (nSPS) is 18.2. The van der Waals surface area contributed by atoms with Crippen LogP contribution < -0.4 is 0 Å². The third kappa shape index (κ3) is 7.96. The number of carbonyl (C=O) groups excluding carboxylic acids is 2. The van der Waals surface area contributed by atoms with Crippen LogP contribution >= 0.6 is 0 Å². The Kier molecular flexibility index (Phi) is 8.41. The third-order valence-corrected chi connectivity index (χ3v) is 2.62. The Morgan fingerprint density at radius 3 is 1.76 bits per heavy atom. The molecule has 0 radical (unpaired) electrons. The summed E-state index contributed by atoms with van der Waals surface area (Å²) in [4.78, 5) is 22.7. The summed E-state index contributed by atoms with van der Waals surface area (Å²) >= 11 is 0. The van der Waals surface area contributed by atoms with E-state index in [-0.39, 0.29) is 12.8 Å². The van der Waals surface area contributed by atoms with E-state index in [1.165, 1.54) is 0 Å². The maximum atomic E-state index is 11.3. The fraction of sp³-hybridized carbons (Fsp3) is 0.846. The second-order valence-electron chi connectivity index (χ2n) is 4.89. The second kappa shape index (κ2) is 8.93. The summed E-state index contributed by atoms with van der Waals surface area (Å²) in [6, 6.07) is 0. The minimum atomic E-state index is -2.64. The SMILES string of the molecule is CCCC(O)CCC(O)(OC(=O)C(C)O)OC(=O)C(C)O. The molecule has 3 unspecified atom stereocenters. The first-order valence-corrected chi connectivity index (χ1v) is 6.83. The van der Waals surface area contributed by atoms with Crippen LogP contribution in [-0.4, -0.2) is 56.6 Å². The number of esters is 2. The molecule has 0 bridgehead atoms. The summed E-state index contributed by atoms with van der Waals surface area (Å²) in [6.45, 7) is 4.09. The van der Waals surface area contributed by atoms with Crippen LogP contribution in [0.3, 0.4) is 0 Å². The van der Waals surface area contributed by atoms with Crippen molar-refractivity contribution in [1.82, 2.24) is 0 Å². The molecular weight excluding hydrogens is 284 g/mol. The van der Waals surface area contributed by atoms with Crippen molar-refractivity contribution in [2.75, 3.05) is 0 Å². The Balaban J connectivity index is 4.81. The molecule has 0 amide bonds. The highest BCUT2D eigenvalue weighted by molar-refractivity contribution is 5.76. The van der Waals surface area contributed by atoms with E-state index in [0.717, 1.165) is 13.8 Å². The maximum absolute atomic E-state index is 11.3. The predicted octanol–water partition coefficient (Wildman–Crippen LogP) is -0.578. The van der Waals surface area contributed by atoms with Gasteiger partial charge in [0, 0.05) is 0 Å². The van der Waals surface area contributed by atoms with Crippen molar-refractivity contribution < 1.29 is 39.5 Å². The van der Waals surface area contributed by atoms with Gasteiger partial charge in [-0.05, 0) is 26.7 Å². The van der Waals surface area contributed by atoms with E-state index in [4.69, 9.17) is 10.2 Å². The Labute approximate surface area is 123 Å². The Bertz CT molecular complexity index is 317. The maximum Gasteiger partial charge on any atom is 0.373 e. The summed E-state index contributed by atoms with van der Waals surface area (Å²) in [7, 11) is 0. The quantitative estimate of drug-likeness (QED) is 0.328. The van der Waals surface area contributed by atoms with Gasteiger partial charge in [-0.15, -0.1) is 0 Å². The van der Waals surface area contributed by atoms with Gasteiger partial charge in [-0.3, -0.25) is 0 Å². The molecule has 0 aromatic carbocycles. The monoisotopic (exact) mass is 308 g/mol. The zero-order chi connectivity index (χ0) is 16.6. The van der Waals surface area contributed by atoms with Crippen LogP contribution in [0.4, 0.5) is 0 Å². The molecule has 3 atom stereocenters. The smallest absolute Gasteiger partial charge is 0.373 e. The van der Waals surface area contributed by atoms with Crippen LogP contribution in [-0.2, 0) is 19.1 Å². The van der Waals surface area contributed by atoms with Gasteiger partial charge in [-0.1, -0.05) is 13.3 Å². The number of rotatable bonds is 9.